The predicted octanol–water partition coefficient (Wildman–Crippen LogP) is 9.16. The van der Waals surface area contributed by atoms with E-state index in [0.717, 1.165) is 61.3 Å². The Morgan fingerprint density at radius 2 is 1.20 bits per heavy atom. The van der Waals surface area contributed by atoms with Crippen LogP contribution in [0.25, 0.3) is 11.3 Å². The topological polar surface area (TPSA) is 84.0 Å². The molecule has 0 atom stereocenters. The van der Waals surface area contributed by atoms with Crippen molar-refractivity contribution in [3.05, 3.63) is 84.6 Å². The molecule has 0 unspecified atom stereocenters. The lowest BCUT2D eigenvalue weighted by atomic mass is 10.1. The fourth-order valence-corrected chi connectivity index (χ4v) is 4.44. The van der Waals surface area contributed by atoms with Crippen molar-refractivity contribution in [2.24, 2.45) is 0 Å². The van der Waals surface area contributed by atoms with Gasteiger partial charge in [0.15, 0.2) is 0 Å². The molecule has 236 valence electrons. The molecule has 0 aliphatic heterocycles. The van der Waals surface area contributed by atoms with Crippen LogP contribution in [-0.2, 0) is 9.53 Å². The molecule has 0 radical (unpaired) electrons. The first-order chi connectivity index (χ1) is 21.5. The molecule has 0 bridgehead atoms. The maximum absolute atomic E-state index is 12.6. The zero-order valence-electron chi connectivity index (χ0n) is 26.4. The number of esters is 2. The van der Waals surface area contributed by atoms with Crippen molar-refractivity contribution in [3.63, 3.8) is 0 Å². The Bertz CT molecular complexity index is 1270. The summed E-state index contributed by atoms with van der Waals surface area (Å²) in [5, 5.41) is 0. The Kier molecular flexibility index (Phi) is 15.6. The van der Waals surface area contributed by atoms with E-state index >= 15 is 0 Å². The highest BCUT2D eigenvalue weighted by Gasteiger charge is 2.10. The van der Waals surface area contributed by atoms with Crippen LogP contribution in [0.4, 0.5) is 0 Å². The third-order valence-corrected chi connectivity index (χ3v) is 7.09. The number of hydrogen-bond donors (Lipinski definition) is 0. The molecule has 0 N–H and O–H groups in total. The third-order valence-electron chi connectivity index (χ3n) is 7.09. The maximum Gasteiger partial charge on any atom is 0.343 e. The number of hydrogen-bond acceptors (Lipinski definition) is 7. The van der Waals surface area contributed by atoms with Crippen molar-refractivity contribution in [1.82, 2.24) is 4.98 Å². The summed E-state index contributed by atoms with van der Waals surface area (Å²) in [6.45, 7) is 9.21. The molecule has 7 nitrogen and oxygen atoms in total. The summed E-state index contributed by atoms with van der Waals surface area (Å²) in [6.07, 6.45) is 14.0. The van der Waals surface area contributed by atoms with Gasteiger partial charge in [0.1, 0.15) is 17.2 Å². The molecule has 3 rings (SSSR count). The second kappa shape index (κ2) is 19.9. The lowest BCUT2D eigenvalue weighted by molar-refractivity contribution is -0.139. The lowest BCUT2D eigenvalue weighted by Crippen LogP contribution is -2.08. The fraction of sp³-hybridized carbons (Fsp3) is 0.432. The van der Waals surface area contributed by atoms with Gasteiger partial charge in [0, 0.05) is 11.1 Å². The van der Waals surface area contributed by atoms with Gasteiger partial charge in [-0.05, 0) is 86.8 Å². The van der Waals surface area contributed by atoms with Crippen LogP contribution in [0.15, 0.2) is 79.0 Å². The number of ether oxygens (including phenoxy) is 4. The zero-order chi connectivity index (χ0) is 31.4. The number of aromatic nitrogens is 1. The van der Waals surface area contributed by atoms with E-state index in [4.69, 9.17) is 18.9 Å². The molecule has 0 saturated heterocycles. The highest BCUT2D eigenvalue weighted by molar-refractivity contribution is 5.91. The number of benzene rings is 2. The predicted molar refractivity (Wildman–Crippen MR) is 174 cm³/mol. The van der Waals surface area contributed by atoms with Crippen molar-refractivity contribution < 1.29 is 28.5 Å². The number of carbonyl (C=O) groups is 2. The van der Waals surface area contributed by atoms with E-state index in [9.17, 15) is 9.59 Å². The van der Waals surface area contributed by atoms with Crippen molar-refractivity contribution >= 4 is 11.9 Å². The van der Waals surface area contributed by atoms with Crippen LogP contribution in [0, 0.1) is 0 Å². The van der Waals surface area contributed by atoms with Crippen LogP contribution in [0.2, 0.25) is 0 Å². The summed E-state index contributed by atoms with van der Waals surface area (Å²) in [5.74, 6) is 1.27. The van der Waals surface area contributed by atoms with Crippen LogP contribution >= 0.6 is 0 Å². The molecule has 0 aliphatic carbocycles. The first kappa shape index (κ1) is 34.4. The van der Waals surface area contributed by atoms with Crippen LogP contribution in [0.5, 0.6) is 17.2 Å². The molecule has 0 amide bonds. The van der Waals surface area contributed by atoms with Gasteiger partial charge in [-0.1, -0.05) is 64.9 Å². The average molecular weight is 602 g/mol. The maximum atomic E-state index is 12.6. The van der Waals surface area contributed by atoms with E-state index in [1.165, 1.54) is 32.1 Å². The van der Waals surface area contributed by atoms with E-state index in [1.807, 2.05) is 24.3 Å². The van der Waals surface area contributed by atoms with Crippen molar-refractivity contribution in [1.29, 1.82) is 0 Å². The van der Waals surface area contributed by atoms with Crippen LogP contribution in [-0.4, -0.2) is 36.7 Å². The van der Waals surface area contributed by atoms with Crippen LogP contribution < -0.4 is 14.2 Å². The van der Waals surface area contributed by atoms with Crippen molar-refractivity contribution in [3.8, 4) is 28.5 Å². The number of rotatable bonds is 21. The highest BCUT2D eigenvalue weighted by Crippen LogP contribution is 2.23. The van der Waals surface area contributed by atoms with Gasteiger partial charge < -0.3 is 18.9 Å². The summed E-state index contributed by atoms with van der Waals surface area (Å²) < 4.78 is 22.2. The smallest absolute Gasteiger partial charge is 0.343 e. The fourth-order valence-electron chi connectivity index (χ4n) is 4.44. The van der Waals surface area contributed by atoms with Crippen LogP contribution in [0.3, 0.4) is 0 Å². The number of carbonyl (C=O) groups excluding carboxylic acids is 2. The first-order valence-electron chi connectivity index (χ1n) is 15.9. The van der Waals surface area contributed by atoms with Crippen molar-refractivity contribution in [2.45, 2.75) is 84.5 Å². The van der Waals surface area contributed by atoms with Gasteiger partial charge in [-0.15, -0.1) is 0 Å². The summed E-state index contributed by atoms with van der Waals surface area (Å²) >= 11 is 0. The molecule has 0 spiro atoms. The first-order valence-corrected chi connectivity index (χ1v) is 15.9. The second-order valence-electron chi connectivity index (χ2n) is 11.0. The average Bonchev–Trinajstić information content (AvgIpc) is 3.04. The third kappa shape index (κ3) is 13.0. The molecule has 7 heteroatoms. The minimum atomic E-state index is -0.415. The quantitative estimate of drug-likeness (QED) is 0.0521. The monoisotopic (exact) mass is 601 g/mol. The highest BCUT2D eigenvalue weighted by atomic mass is 16.5. The molecular formula is C37H47NO6. The molecule has 0 saturated carbocycles. The van der Waals surface area contributed by atoms with Gasteiger partial charge in [-0.25, -0.2) is 9.59 Å². The van der Waals surface area contributed by atoms with Gasteiger partial charge in [0.2, 0.25) is 0 Å². The van der Waals surface area contributed by atoms with E-state index in [1.54, 1.807) is 49.5 Å². The van der Waals surface area contributed by atoms with Gasteiger partial charge >= 0.3 is 11.9 Å². The van der Waals surface area contributed by atoms with Gasteiger partial charge in [0.05, 0.1) is 37.3 Å². The SMILES string of the molecule is C=C(C)C(=O)OCCCCCCCCCCCOc1ccc(C(=O)Oc2ccc(-c3ccc(OCCCC)cn3)cc2)cc1. The minimum Gasteiger partial charge on any atom is -0.494 e. The molecule has 0 aliphatic rings. The summed E-state index contributed by atoms with van der Waals surface area (Å²) in [5.41, 5.74) is 2.67. The molecule has 2 aromatic carbocycles. The summed E-state index contributed by atoms with van der Waals surface area (Å²) in [7, 11) is 0. The molecule has 0 fully saturated rings. The van der Waals surface area contributed by atoms with Crippen molar-refractivity contribution in [2.75, 3.05) is 19.8 Å². The Balaban J connectivity index is 1.25. The minimum absolute atomic E-state index is 0.297. The standard InChI is InChI=1S/C37H47NO6/c1-4-5-25-42-34-23-24-35(38-28-34)30-15-21-33(22-16-30)44-37(40)31-17-19-32(20-18-31)41-26-13-11-9-7-6-8-10-12-14-27-43-36(39)29(2)3/h15-24,28H,2,4-14,25-27H2,1,3H3. The van der Waals surface area contributed by atoms with Gasteiger partial charge in [0.25, 0.3) is 0 Å². The zero-order valence-corrected chi connectivity index (χ0v) is 26.4. The van der Waals surface area contributed by atoms with E-state index in [2.05, 4.69) is 18.5 Å². The lowest BCUT2D eigenvalue weighted by Gasteiger charge is -2.09. The van der Waals surface area contributed by atoms with Gasteiger partial charge in [-0.3, -0.25) is 4.98 Å². The Morgan fingerprint density at radius 3 is 1.80 bits per heavy atom. The summed E-state index contributed by atoms with van der Waals surface area (Å²) in [6, 6.07) is 18.2. The van der Waals surface area contributed by atoms with E-state index in [-0.39, 0.29) is 5.97 Å². The Hall–Kier alpha value is -4.13. The summed E-state index contributed by atoms with van der Waals surface area (Å²) in [4.78, 5) is 28.4. The van der Waals surface area contributed by atoms with E-state index in [0.29, 0.717) is 36.7 Å². The molecule has 1 heterocycles. The second-order valence-corrected chi connectivity index (χ2v) is 11.0. The van der Waals surface area contributed by atoms with Gasteiger partial charge in [-0.2, -0.15) is 0 Å². The molecule has 3 aromatic rings. The van der Waals surface area contributed by atoms with E-state index < -0.39 is 5.97 Å². The molecular weight excluding hydrogens is 554 g/mol. The normalized spacial score (nSPS) is 10.7. The number of pyridine rings is 1. The number of nitrogens with zero attached hydrogens (tertiary/aromatic N) is 1. The molecule has 1 aromatic heterocycles. The van der Waals surface area contributed by atoms with Crippen LogP contribution in [0.1, 0.15) is 94.8 Å². The molecule has 44 heavy (non-hydrogen) atoms. The Morgan fingerprint density at radius 1 is 0.659 bits per heavy atom. The Labute approximate surface area is 262 Å². The number of unbranched alkanes of at least 4 members (excludes halogenated alkanes) is 9. The largest absolute Gasteiger partial charge is 0.494 e.